The Morgan fingerprint density at radius 1 is 1.16 bits per heavy atom. The van der Waals surface area contributed by atoms with Crippen LogP contribution in [0, 0.1) is 11.8 Å². The summed E-state index contributed by atoms with van der Waals surface area (Å²) in [7, 11) is 0. The minimum Gasteiger partial charge on any atom is -0.354 e. The molecule has 0 aliphatic carbocycles. The molecule has 0 radical (unpaired) electrons. The Kier molecular flexibility index (Phi) is 9.27. The summed E-state index contributed by atoms with van der Waals surface area (Å²) >= 11 is 0. The summed E-state index contributed by atoms with van der Waals surface area (Å²) < 4.78 is 0. The van der Waals surface area contributed by atoms with Crippen LogP contribution in [-0.2, 0) is 9.59 Å². The van der Waals surface area contributed by atoms with E-state index in [0.29, 0.717) is 12.5 Å². The molecule has 4 heteroatoms. The highest BCUT2D eigenvalue weighted by Gasteiger charge is 2.23. The van der Waals surface area contributed by atoms with Crippen LogP contribution in [0.2, 0.25) is 0 Å². The molecule has 0 aromatic rings. The molecule has 112 valence electrons. The van der Waals surface area contributed by atoms with Crippen LogP contribution in [0.1, 0.15) is 60.3 Å². The van der Waals surface area contributed by atoms with Gasteiger partial charge in [0.1, 0.15) is 6.04 Å². The predicted molar refractivity (Wildman–Crippen MR) is 78.8 cm³/mol. The molecular formula is C15H30N2O2. The van der Waals surface area contributed by atoms with Gasteiger partial charge in [0.05, 0.1) is 0 Å². The summed E-state index contributed by atoms with van der Waals surface area (Å²) in [5.74, 6) is 0.403. The van der Waals surface area contributed by atoms with E-state index in [1.807, 2.05) is 13.8 Å². The van der Waals surface area contributed by atoms with E-state index in [1.165, 1.54) is 19.8 Å². The lowest BCUT2D eigenvalue weighted by atomic mass is 9.98. The molecule has 0 fully saturated rings. The van der Waals surface area contributed by atoms with Crippen molar-refractivity contribution in [3.63, 3.8) is 0 Å². The fraction of sp³-hybridized carbons (Fsp3) is 0.867. The Balaban J connectivity index is 4.27. The van der Waals surface area contributed by atoms with Crippen molar-refractivity contribution in [3.8, 4) is 0 Å². The Morgan fingerprint density at radius 3 is 2.21 bits per heavy atom. The third kappa shape index (κ3) is 7.85. The molecule has 4 nitrogen and oxygen atoms in total. The SMILES string of the molecule is CCCCC(CC)CNC(=O)C(NC(C)=O)C(C)C. The molecule has 2 amide bonds. The molecule has 2 N–H and O–H groups in total. The van der Waals surface area contributed by atoms with Crippen LogP contribution < -0.4 is 10.6 Å². The highest BCUT2D eigenvalue weighted by atomic mass is 16.2. The van der Waals surface area contributed by atoms with Crippen molar-refractivity contribution >= 4 is 11.8 Å². The topological polar surface area (TPSA) is 58.2 Å². The van der Waals surface area contributed by atoms with Crippen molar-refractivity contribution in [3.05, 3.63) is 0 Å². The molecule has 0 saturated heterocycles. The lowest BCUT2D eigenvalue weighted by molar-refractivity contribution is -0.129. The second-order valence-corrected chi connectivity index (χ2v) is 5.58. The van der Waals surface area contributed by atoms with E-state index in [4.69, 9.17) is 0 Å². The highest BCUT2D eigenvalue weighted by molar-refractivity contribution is 5.86. The number of hydrogen-bond donors (Lipinski definition) is 2. The molecule has 0 saturated carbocycles. The monoisotopic (exact) mass is 270 g/mol. The first-order valence-electron chi connectivity index (χ1n) is 7.47. The standard InChI is InChI=1S/C15H30N2O2/c1-6-8-9-13(7-2)10-16-15(19)14(11(3)4)17-12(5)18/h11,13-14H,6-10H2,1-5H3,(H,16,19)(H,17,18). The van der Waals surface area contributed by atoms with Crippen molar-refractivity contribution < 1.29 is 9.59 Å². The molecule has 0 rings (SSSR count). The van der Waals surface area contributed by atoms with Crippen LogP contribution in [0.4, 0.5) is 0 Å². The van der Waals surface area contributed by atoms with Crippen molar-refractivity contribution in [1.29, 1.82) is 0 Å². The number of nitrogens with one attached hydrogen (secondary N) is 2. The third-order valence-electron chi connectivity index (χ3n) is 3.42. The fourth-order valence-corrected chi connectivity index (χ4v) is 2.05. The predicted octanol–water partition coefficient (Wildman–Crippen LogP) is 2.48. The molecule has 2 atom stereocenters. The van der Waals surface area contributed by atoms with E-state index in [9.17, 15) is 9.59 Å². The maximum absolute atomic E-state index is 12.1. The molecule has 0 aliphatic rings. The van der Waals surface area contributed by atoms with Gasteiger partial charge in [0.2, 0.25) is 11.8 Å². The number of carbonyl (C=O) groups excluding carboxylic acids is 2. The first kappa shape index (κ1) is 17.9. The molecule has 0 aromatic heterocycles. The van der Waals surface area contributed by atoms with E-state index >= 15 is 0 Å². The van der Waals surface area contributed by atoms with Crippen molar-refractivity contribution in [1.82, 2.24) is 10.6 Å². The van der Waals surface area contributed by atoms with Crippen LogP contribution in [0.15, 0.2) is 0 Å². The first-order chi connectivity index (χ1) is 8.92. The zero-order valence-corrected chi connectivity index (χ0v) is 13.1. The Bertz CT molecular complexity index is 277. The lowest BCUT2D eigenvalue weighted by Crippen LogP contribution is -2.49. The zero-order chi connectivity index (χ0) is 14.8. The molecule has 0 heterocycles. The molecule has 0 aliphatic heterocycles. The Labute approximate surface area is 117 Å². The van der Waals surface area contributed by atoms with Gasteiger partial charge in [-0.15, -0.1) is 0 Å². The normalized spacial score (nSPS) is 14.0. The summed E-state index contributed by atoms with van der Waals surface area (Å²) in [4.78, 5) is 23.2. The first-order valence-corrected chi connectivity index (χ1v) is 7.47. The number of rotatable bonds is 9. The van der Waals surface area contributed by atoms with Gasteiger partial charge in [-0.2, -0.15) is 0 Å². The van der Waals surface area contributed by atoms with Gasteiger partial charge in [-0.05, 0) is 18.3 Å². The van der Waals surface area contributed by atoms with Crippen LogP contribution in [0.25, 0.3) is 0 Å². The average molecular weight is 270 g/mol. The van der Waals surface area contributed by atoms with Gasteiger partial charge in [-0.1, -0.05) is 47.0 Å². The maximum Gasteiger partial charge on any atom is 0.242 e. The van der Waals surface area contributed by atoms with E-state index < -0.39 is 6.04 Å². The number of amides is 2. The molecule has 19 heavy (non-hydrogen) atoms. The minimum absolute atomic E-state index is 0.0693. The van der Waals surface area contributed by atoms with Crippen LogP contribution >= 0.6 is 0 Å². The van der Waals surface area contributed by atoms with E-state index in [1.54, 1.807) is 0 Å². The fourth-order valence-electron chi connectivity index (χ4n) is 2.05. The van der Waals surface area contributed by atoms with E-state index in [-0.39, 0.29) is 17.7 Å². The second kappa shape index (κ2) is 9.82. The van der Waals surface area contributed by atoms with Gasteiger partial charge in [0, 0.05) is 13.5 Å². The van der Waals surface area contributed by atoms with Crippen LogP contribution in [-0.4, -0.2) is 24.4 Å². The summed E-state index contributed by atoms with van der Waals surface area (Å²) in [6, 6.07) is -0.429. The van der Waals surface area contributed by atoms with Gasteiger partial charge in [-0.3, -0.25) is 9.59 Å². The van der Waals surface area contributed by atoms with E-state index in [0.717, 1.165) is 12.8 Å². The molecular weight excluding hydrogens is 240 g/mol. The summed E-state index contributed by atoms with van der Waals surface area (Å²) in [5, 5.41) is 5.69. The summed E-state index contributed by atoms with van der Waals surface area (Å²) in [6.07, 6.45) is 4.62. The van der Waals surface area contributed by atoms with Gasteiger partial charge in [0.25, 0.3) is 0 Å². The number of unbranched alkanes of at least 4 members (excludes halogenated alkanes) is 1. The summed E-state index contributed by atoms with van der Waals surface area (Å²) in [6.45, 7) is 10.4. The minimum atomic E-state index is -0.429. The molecule has 0 aromatic carbocycles. The average Bonchev–Trinajstić information content (AvgIpc) is 2.35. The summed E-state index contributed by atoms with van der Waals surface area (Å²) in [5.41, 5.74) is 0. The van der Waals surface area contributed by atoms with E-state index in [2.05, 4.69) is 24.5 Å². The zero-order valence-electron chi connectivity index (χ0n) is 13.1. The largest absolute Gasteiger partial charge is 0.354 e. The van der Waals surface area contributed by atoms with Gasteiger partial charge < -0.3 is 10.6 Å². The molecule has 0 spiro atoms. The molecule has 0 bridgehead atoms. The van der Waals surface area contributed by atoms with Crippen LogP contribution in [0.5, 0.6) is 0 Å². The smallest absolute Gasteiger partial charge is 0.242 e. The van der Waals surface area contributed by atoms with Crippen molar-refractivity contribution in [2.75, 3.05) is 6.54 Å². The number of hydrogen-bond acceptors (Lipinski definition) is 2. The van der Waals surface area contributed by atoms with Crippen molar-refractivity contribution in [2.24, 2.45) is 11.8 Å². The third-order valence-corrected chi connectivity index (χ3v) is 3.42. The number of carbonyl (C=O) groups is 2. The lowest BCUT2D eigenvalue weighted by Gasteiger charge is -2.22. The second-order valence-electron chi connectivity index (χ2n) is 5.58. The highest BCUT2D eigenvalue weighted by Crippen LogP contribution is 2.11. The quantitative estimate of drug-likeness (QED) is 0.676. The molecule has 2 unspecified atom stereocenters. The van der Waals surface area contributed by atoms with Gasteiger partial charge in [-0.25, -0.2) is 0 Å². The Morgan fingerprint density at radius 2 is 1.79 bits per heavy atom. The van der Waals surface area contributed by atoms with Gasteiger partial charge >= 0.3 is 0 Å². The van der Waals surface area contributed by atoms with Crippen LogP contribution in [0.3, 0.4) is 0 Å². The van der Waals surface area contributed by atoms with Gasteiger partial charge in [0.15, 0.2) is 0 Å². The maximum atomic E-state index is 12.1. The Hall–Kier alpha value is -1.06. The van der Waals surface area contributed by atoms with Crippen molar-refractivity contribution in [2.45, 2.75) is 66.3 Å².